The number of nitrogens with zero attached hydrogens (tertiary/aromatic N) is 1. The highest BCUT2D eigenvalue weighted by Crippen LogP contribution is 2.14. The van der Waals surface area contributed by atoms with Gasteiger partial charge in [0.25, 0.3) is 0 Å². The molecule has 0 spiro atoms. The zero-order valence-corrected chi connectivity index (χ0v) is 14.1. The molecule has 22 heavy (non-hydrogen) atoms. The van der Waals surface area contributed by atoms with Crippen LogP contribution < -0.4 is 0 Å². The third-order valence-electron chi connectivity index (χ3n) is 2.59. The van der Waals surface area contributed by atoms with E-state index in [4.69, 9.17) is 9.84 Å². The van der Waals surface area contributed by atoms with E-state index >= 15 is 0 Å². The molecule has 1 amide bonds. The van der Waals surface area contributed by atoms with Crippen LogP contribution in [0.15, 0.2) is 30.3 Å². The van der Waals surface area contributed by atoms with E-state index in [2.05, 4.69) is 0 Å². The molecule has 0 unspecified atom stereocenters. The van der Waals surface area contributed by atoms with Crippen molar-refractivity contribution in [2.75, 3.05) is 18.8 Å². The van der Waals surface area contributed by atoms with E-state index in [0.717, 1.165) is 5.75 Å². The monoisotopic (exact) mass is 325 g/mol. The first kappa shape index (κ1) is 18.4. The van der Waals surface area contributed by atoms with Gasteiger partial charge in [0.15, 0.2) is 0 Å². The van der Waals surface area contributed by atoms with Gasteiger partial charge in [0.1, 0.15) is 12.1 Å². The normalized spacial score (nSPS) is 11.0. The molecule has 0 saturated carbocycles. The lowest BCUT2D eigenvalue weighted by Crippen LogP contribution is -2.41. The van der Waals surface area contributed by atoms with Crippen molar-refractivity contribution in [3.8, 4) is 0 Å². The van der Waals surface area contributed by atoms with Crippen molar-refractivity contribution in [3.63, 3.8) is 0 Å². The largest absolute Gasteiger partial charge is 0.480 e. The molecule has 1 aromatic carbocycles. The quantitative estimate of drug-likeness (QED) is 0.780. The van der Waals surface area contributed by atoms with E-state index in [1.807, 2.05) is 30.3 Å². The van der Waals surface area contributed by atoms with Crippen LogP contribution in [-0.2, 0) is 15.3 Å². The number of carbonyl (C=O) groups excluding carboxylic acids is 1. The van der Waals surface area contributed by atoms with Gasteiger partial charge in [-0.1, -0.05) is 30.3 Å². The predicted molar refractivity (Wildman–Crippen MR) is 88.0 cm³/mol. The lowest BCUT2D eigenvalue weighted by Gasteiger charge is -2.26. The van der Waals surface area contributed by atoms with Gasteiger partial charge >= 0.3 is 12.1 Å². The first-order valence-corrected chi connectivity index (χ1v) is 8.25. The molecule has 5 nitrogen and oxygen atoms in total. The molecular formula is C16H23NO4S. The summed E-state index contributed by atoms with van der Waals surface area (Å²) in [6.45, 7) is 5.27. The van der Waals surface area contributed by atoms with Crippen molar-refractivity contribution in [3.05, 3.63) is 35.9 Å². The Hall–Kier alpha value is -1.69. The standard InChI is InChI=1S/C16H23NO4S/c1-16(2,3)21-15(20)17(11-14(18)19)9-10-22-12-13-7-5-4-6-8-13/h4-8H,9-12H2,1-3H3,(H,18,19). The summed E-state index contributed by atoms with van der Waals surface area (Å²) in [4.78, 5) is 24.1. The molecular weight excluding hydrogens is 302 g/mol. The Balaban J connectivity index is 2.44. The Morgan fingerprint density at radius 1 is 1.23 bits per heavy atom. The number of carboxylic acid groups (broad SMARTS) is 1. The molecule has 1 aromatic rings. The van der Waals surface area contributed by atoms with Crippen LogP contribution in [-0.4, -0.2) is 46.5 Å². The van der Waals surface area contributed by atoms with Crippen LogP contribution in [0.3, 0.4) is 0 Å². The summed E-state index contributed by atoms with van der Waals surface area (Å²) >= 11 is 1.65. The third-order valence-corrected chi connectivity index (χ3v) is 3.60. The van der Waals surface area contributed by atoms with Crippen LogP contribution >= 0.6 is 11.8 Å². The average Bonchev–Trinajstić information content (AvgIpc) is 2.41. The van der Waals surface area contributed by atoms with Gasteiger partial charge in [-0.05, 0) is 26.3 Å². The van der Waals surface area contributed by atoms with E-state index in [1.54, 1.807) is 32.5 Å². The van der Waals surface area contributed by atoms with Crippen molar-refractivity contribution < 1.29 is 19.4 Å². The van der Waals surface area contributed by atoms with Gasteiger partial charge in [-0.2, -0.15) is 11.8 Å². The zero-order chi connectivity index (χ0) is 16.6. The van der Waals surface area contributed by atoms with E-state index in [1.165, 1.54) is 10.5 Å². The first-order chi connectivity index (χ1) is 10.3. The molecule has 0 heterocycles. The fraction of sp³-hybridized carbons (Fsp3) is 0.500. The number of carboxylic acids is 1. The Labute approximate surface area is 135 Å². The first-order valence-electron chi connectivity index (χ1n) is 7.09. The molecule has 0 radical (unpaired) electrons. The Bertz CT molecular complexity index is 485. The smallest absolute Gasteiger partial charge is 0.410 e. The molecule has 0 aliphatic heterocycles. The van der Waals surface area contributed by atoms with Gasteiger partial charge in [-0.15, -0.1) is 0 Å². The SMILES string of the molecule is CC(C)(C)OC(=O)N(CCSCc1ccccc1)CC(=O)O. The lowest BCUT2D eigenvalue weighted by molar-refractivity contribution is -0.138. The molecule has 0 aromatic heterocycles. The average molecular weight is 325 g/mol. The molecule has 0 fully saturated rings. The summed E-state index contributed by atoms with van der Waals surface area (Å²) in [5, 5.41) is 8.91. The molecule has 0 atom stereocenters. The fourth-order valence-corrected chi connectivity index (χ4v) is 2.59. The van der Waals surface area contributed by atoms with Gasteiger partial charge in [0.05, 0.1) is 0 Å². The Kier molecular flexibility index (Phi) is 7.24. The molecule has 0 saturated heterocycles. The minimum Gasteiger partial charge on any atom is -0.480 e. The van der Waals surface area contributed by atoms with Gasteiger partial charge in [0, 0.05) is 18.1 Å². The van der Waals surface area contributed by atoms with Crippen LogP contribution in [0.25, 0.3) is 0 Å². The highest BCUT2D eigenvalue weighted by molar-refractivity contribution is 7.98. The summed E-state index contributed by atoms with van der Waals surface area (Å²) in [6, 6.07) is 10.00. The van der Waals surface area contributed by atoms with Crippen molar-refractivity contribution in [1.29, 1.82) is 0 Å². The number of benzene rings is 1. The molecule has 0 bridgehead atoms. The van der Waals surface area contributed by atoms with E-state index < -0.39 is 17.7 Å². The maximum absolute atomic E-state index is 12.0. The molecule has 6 heteroatoms. The highest BCUT2D eigenvalue weighted by atomic mass is 32.2. The predicted octanol–water partition coefficient (Wildman–Crippen LogP) is 3.24. The Morgan fingerprint density at radius 3 is 2.41 bits per heavy atom. The second-order valence-electron chi connectivity index (χ2n) is 5.83. The van der Waals surface area contributed by atoms with Crippen LogP contribution in [0.4, 0.5) is 4.79 Å². The molecule has 0 aliphatic rings. The second kappa shape index (κ2) is 8.68. The number of ether oxygens (including phenoxy) is 1. The summed E-state index contributed by atoms with van der Waals surface area (Å²) in [5.74, 6) is 0.441. The Morgan fingerprint density at radius 2 is 1.86 bits per heavy atom. The van der Waals surface area contributed by atoms with Gasteiger partial charge < -0.3 is 9.84 Å². The molecule has 1 rings (SSSR count). The maximum Gasteiger partial charge on any atom is 0.410 e. The number of carbonyl (C=O) groups is 2. The van der Waals surface area contributed by atoms with Crippen molar-refractivity contribution in [2.45, 2.75) is 32.1 Å². The van der Waals surface area contributed by atoms with Gasteiger partial charge in [-0.25, -0.2) is 4.79 Å². The number of hydrogen-bond acceptors (Lipinski definition) is 4. The number of amides is 1. The van der Waals surface area contributed by atoms with Crippen molar-refractivity contribution >= 4 is 23.8 Å². The summed E-state index contributed by atoms with van der Waals surface area (Å²) in [5.41, 5.74) is 0.569. The maximum atomic E-state index is 12.0. The minimum atomic E-state index is -1.04. The topological polar surface area (TPSA) is 66.8 Å². The second-order valence-corrected chi connectivity index (χ2v) is 6.94. The zero-order valence-electron chi connectivity index (χ0n) is 13.2. The van der Waals surface area contributed by atoms with Crippen molar-refractivity contribution in [2.24, 2.45) is 0 Å². The van der Waals surface area contributed by atoms with E-state index in [0.29, 0.717) is 12.3 Å². The number of rotatable bonds is 7. The number of aliphatic carboxylic acids is 1. The van der Waals surface area contributed by atoms with Gasteiger partial charge in [0.2, 0.25) is 0 Å². The summed E-state index contributed by atoms with van der Waals surface area (Å²) in [6.07, 6.45) is -0.588. The lowest BCUT2D eigenvalue weighted by atomic mass is 10.2. The van der Waals surface area contributed by atoms with Crippen LogP contribution in [0, 0.1) is 0 Å². The molecule has 122 valence electrons. The van der Waals surface area contributed by atoms with Crippen LogP contribution in [0.5, 0.6) is 0 Å². The summed E-state index contributed by atoms with van der Waals surface area (Å²) < 4.78 is 5.23. The number of hydrogen-bond donors (Lipinski definition) is 1. The summed E-state index contributed by atoms with van der Waals surface area (Å²) in [7, 11) is 0. The van der Waals surface area contributed by atoms with Crippen LogP contribution in [0.1, 0.15) is 26.3 Å². The highest BCUT2D eigenvalue weighted by Gasteiger charge is 2.23. The van der Waals surface area contributed by atoms with Gasteiger partial charge in [-0.3, -0.25) is 9.69 Å². The van der Waals surface area contributed by atoms with E-state index in [-0.39, 0.29) is 6.54 Å². The van der Waals surface area contributed by atoms with Crippen LogP contribution in [0.2, 0.25) is 0 Å². The van der Waals surface area contributed by atoms with E-state index in [9.17, 15) is 9.59 Å². The minimum absolute atomic E-state index is 0.346. The molecule has 1 N–H and O–H groups in total. The molecule has 0 aliphatic carbocycles. The van der Waals surface area contributed by atoms with Crippen molar-refractivity contribution in [1.82, 2.24) is 4.90 Å². The third kappa shape index (κ3) is 7.93. The fourth-order valence-electron chi connectivity index (χ4n) is 1.66. The number of thioether (sulfide) groups is 1.